The lowest BCUT2D eigenvalue weighted by atomic mass is 10.0. The molecule has 0 unspecified atom stereocenters. The Bertz CT molecular complexity index is 664. The van der Waals surface area contributed by atoms with Gasteiger partial charge < -0.3 is 15.0 Å². The number of thioether (sulfide) groups is 1. The first-order chi connectivity index (χ1) is 12.5. The highest BCUT2D eigenvalue weighted by Gasteiger charge is 2.27. The topological polar surface area (TPSA) is 41.6 Å². The first kappa shape index (κ1) is 20.3. The molecule has 4 nitrogen and oxygen atoms in total. The second-order valence-corrected chi connectivity index (χ2v) is 7.95. The number of rotatable bonds is 9. The van der Waals surface area contributed by atoms with Crippen molar-refractivity contribution in [3.8, 4) is 0 Å². The third-order valence-corrected chi connectivity index (χ3v) is 5.41. The summed E-state index contributed by atoms with van der Waals surface area (Å²) in [7, 11) is 4.08. The number of alkyl carbamates (subject to hydrolysis) is 1. The molecule has 5 heteroatoms. The molecule has 0 aliphatic heterocycles. The van der Waals surface area contributed by atoms with Gasteiger partial charge in [-0.3, -0.25) is 0 Å². The van der Waals surface area contributed by atoms with Crippen LogP contribution in [-0.2, 0) is 11.3 Å². The minimum Gasteiger partial charge on any atom is -0.445 e. The first-order valence-corrected chi connectivity index (χ1v) is 9.77. The van der Waals surface area contributed by atoms with Gasteiger partial charge in [-0.15, -0.1) is 11.8 Å². The van der Waals surface area contributed by atoms with Gasteiger partial charge in [0.15, 0.2) is 0 Å². The van der Waals surface area contributed by atoms with Crippen molar-refractivity contribution < 1.29 is 9.53 Å². The van der Waals surface area contributed by atoms with Crippen molar-refractivity contribution in [1.29, 1.82) is 0 Å². The summed E-state index contributed by atoms with van der Waals surface area (Å²) in [5.41, 5.74) is 0.634. The number of carbonyl (C=O) groups excluding carboxylic acids is 1. The molecule has 0 radical (unpaired) electrons. The van der Waals surface area contributed by atoms with Gasteiger partial charge in [0.05, 0.1) is 5.54 Å². The van der Waals surface area contributed by atoms with Crippen molar-refractivity contribution >= 4 is 17.9 Å². The number of carbonyl (C=O) groups is 1. The fourth-order valence-electron chi connectivity index (χ4n) is 2.41. The van der Waals surface area contributed by atoms with Crippen molar-refractivity contribution in [2.24, 2.45) is 0 Å². The van der Waals surface area contributed by atoms with Gasteiger partial charge in [-0.25, -0.2) is 4.79 Å². The molecular formula is C21H28N2O2S. The van der Waals surface area contributed by atoms with Crippen molar-refractivity contribution in [3.05, 3.63) is 66.2 Å². The summed E-state index contributed by atoms with van der Waals surface area (Å²) in [6.45, 7) is 3.25. The maximum Gasteiger partial charge on any atom is 0.407 e. The molecule has 2 aromatic carbocycles. The minimum atomic E-state index is -0.372. The van der Waals surface area contributed by atoms with Crippen LogP contribution in [0.4, 0.5) is 4.79 Å². The monoisotopic (exact) mass is 372 g/mol. The van der Waals surface area contributed by atoms with Gasteiger partial charge in [0.2, 0.25) is 0 Å². The Morgan fingerprint density at radius 2 is 1.69 bits per heavy atom. The fraction of sp³-hybridized carbons (Fsp3) is 0.381. The SMILES string of the molecule is CN(C)CC[C@@](C)(CSc1ccccc1)NC(=O)OCc1ccccc1. The standard InChI is InChI=1S/C21H28N2O2S/c1-21(14-15-23(2)3,17-26-19-12-8-5-9-13-19)22-20(24)25-16-18-10-6-4-7-11-18/h4-13H,14-17H2,1-3H3,(H,22,24)/t21-/m0/s1. The molecule has 0 heterocycles. The van der Waals surface area contributed by atoms with E-state index < -0.39 is 0 Å². The smallest absolute Gasteiger partial charge is 0.407 e. The van der Waals surface area contributed by atoms with Crippen molar-refractivity contribution in [2.75, 3.05) is 26.4 Å². The number of benzene rings is 2. The molecule has 1 atom stereocenters. The van der Waals surface area contributed by atoms with Gasteiger partial charge in [-0.1, -0.05) is 48.5 Å². The summed E-state index contributed by atoms with van der Waals surface area (Å²) in [6.07, 6.45) is 0.476. The van der Waals surface area contributed by atoms with Crippen LogP contribution in [0.25, 0.3) is 0 Å². The zero-order chi connectivity index (χ0) is 18.8. The highest BCUT2D eigenvalue weighted by Crippen LogP contribution is 2.24. The van der Waals surface area contributed by atoms with Crippen LogP contribution >= 0.6 is 11.8 Å². The lowest BCUT2D eigenvalue weighted by molar-refractivity contribution is 0.128. The average molecular weight is 373 g/mol. The van der Waals surface area contributed by atoms with E-state index in [1.165, 1.54) is 4.90 Å². The average Bonchev–Trinajstić information content (AvgIpc) is 2.65. The molecule has 0 saturated heterocycles. The number of amides is 1. The molecule has 0 aliphatic carbocycles. The molecule has 0 aliphatic rings. The Balaban J connectivity index is 1.92. The summed E-state index contributed by atoms with van der Waals surface area (Å²) < 4.78 is 5.41. The highest BCUT2D eigenvalue weighted by molar-refractivity contribution is 7.99. The zero-order valence-electron chi connectivity index (χ0n) is 15.8. The van der Waals surface area contributed by atoms with E-state index in [0.29, 0.717) is 0 Å². The van der Waals surface area contributed by atoms with E-state index in [9.17, 15) is 4.79 Å². The number of nitrogens with zero attached hydrogens (tertiary/aromatic N) is 1. The summed E-state index contributed by atoms with van der Waals surface area (Å²) in [5, 5.41) is 3.08. The summed E-state index contributed by atoms with van der Waals surface area (Å²) in [5.74, 6) is 0.783. The number of nitrogens with one attached hydrogen (secondary N) is 1. The second kappa shape index (κ2) is 10.2. The number of hydrogen-bond acceptors (Lipinski definition) is 4. The van der Waals surface area contributed by atoms with Crippen molar-refractivity contribution in [1.82, 2.24) is 10.2 Å². The maximum absolute atomic E-state index is 12.3. The van der Waals surface area contributed by atoms with E-state index in [4.69, 9.17) is 4.74 Å². The summed E-state index contributed by atoms with van der Waals surface area (Å²) >= 11 is 1.75. The Morgan fingerprint density at radius 3 is 2.31 bits per heavy atom. The van der Waals surface area contributed by atoms with E-state index in [-0.39, 0.29) is 18.2 Å². The Labute approximate surface area is 160 Å². The van der Waals surface area contributed by atoms with E-state index in [2.05, 4.69) is 29.3 Å². The Hall–Kier alpha value is -1.98. The molecular weight excluding hydrogens is 344 g/mol. The summed E-state index contributed by atoms with van der Waals surface area (Å²) in [6, 6.07) is 20.0. The van der Waals surface area contributed by atoms with Crippen LogP contribution in [0.3, 0.4) is 0 Å². The molecule has 140 valence electrons. The molecule has 2 rings (SSSR count). The molecule has 1 N–H and O–H groups in total. The number of hydrogen-bond donors (Lipinski definition) is 1. The van der Waals surface area contributed by atoms with Crippen molar-refractivity contribution in [3.63, 3.8) is 0 Å². The van der Waals surface area contributed by atoms with Gasteiger partial charge >= 0.3 is 6.09 Å². The van der Waals surface area contributed by atoms with Crippen LogP contribution in [0.5, 0.6) is 0 Å². The third kappa shape index (κ3) is 7.50. The van der Waals surface area contributed by atoms with E-state index >= 15 is 0 Å². The third-order valence-electron chi connectivity index (χ3n) is 4.03. The maximum atomic E-state index is 12.3. The van der Waals surface area contributed by atoms with Crippen LogP contribution in [0, 0.1) is 0 Å². The van der Waals surface area contributed by atoms with E-state index in [0.717, 1.165) is 24.3 Å². The largest absolute Gasteiger partial charge is 0.445 e. The van der Waals surface area contributed by atoms with Gasteiger partial charge in [-0.2, -0.15) is 0 Å². The molecule has 0 saturated carbocycles. The van der Waals surface area contributed by atoms with Crippen LogP contribution in [0.15, 0.2) is 65.6 Å². The fourth-order valence-corrected chi connectivity index (χ4v) is 3.46. The Kier molecular flexibility index (Phi) is 8.01. The highest BCUT2D eigenvalue weighted by atomic mass is 32.2. The molecule has 0 spiro atoms. The molecule has 2 aromatic rings. The molecule has 0 fully saturated rings. The van der Waals surface area contributed by atoms with Crippen molar-refractivity contribution in [2.45, 2.75) is 30.4 Å². The summed E-state index contributed by atoms with van der Waals surface area (Å²) in [4.78, 5) is 15.7. The van der Waals surface area contributed by atoms with Crippen LogP contribution < -0.4 is 5.32 Å². The van der Waals surface area contributed by atoms with Crippen LogP contribution in [0.2, 0.25) is 0 Å². The molecule has 26 heavy (non-hydrogen) atoms. The van der Waals surface area contributed by atoms with Gasteiger partial charge in [0.1, 0.15) is 6.61 Å². The molecule has 1 amide bonds. The lowest BCUT2D eigenvalue weighted by Gasteiger charge is -2.31. The molecule has 0 aromatic heterocycles. The lowest BCUT2D eigenvalue weighted by Crippen LogP contribution is -2.49. The number of ether oxygens (including phenoxy) is 1. The second-order valence-electron chi connectivity index (χ2n) is 6.90. The van der Waals surface area contributed by atoms with Gasteiger partial charge in [0.25, 0.3) is 0 Å². The predicted octanol–water partition coefficient (Wildman–Crippen LogP) is 4.42. The minimum absolute atomic E-state index is 0.280. The van der Waals surface area contributed by atoms with E-state index in [1.807, 2.05) is 62.6 Å². The van der Waals surface area contributed by atoms with Crippen LogP contribution in [-0.4, -0.2) is 42.9 Å². The normalized spacial score (nSPS) is 13.2. The quantitative estimate of drug-likeness (QED) is 0.662. The zero-order valence-corrected chi connectivity index (χ0v) is 16.6. The van der Waals surface area contributed by atoms with Gasteiger partial charge in [0, 0.05) is 10.6 Å². The van der Waals surface area contributed by atoms with Gasteiger partial charge in [-0.05, 0) is 51.7 Å². The Morgan fingerprint density at radius 1 is 1.08 bits per heavy atom. The predicted molar refractivity (Wildman–Crippen MR) is 109 cm³/mol. The van der Waals surface area contributed by atoms with Crippen LogP contribution in [0.1, 0.15) is 18.9 Å². The first-order valence-electron chi connectivity index (χ1n) is 8.78. The van der Waals surface area contributed by atoms with E-state index in [1.54, 1.807) is 11.8 Å². The molecule has 0 bridgehead atoms.